The van der Waals surface area contributed by atoms with Crippen molar-refractivity contribution >= 4 is 11.6 Å². The Labute approximate surface area is 103 Å². The Kier molecular flexibility index (Phi) is 4.59. The minimum absolute atomic E-state index is 0.0256. The van der Waals surface area contributed by atoms with Crippen LogP contribution in [-0.2, 0) is 0 Å². The summed E-state index contributed by atoms with van der Waals surface area (Å²) in [5, 5.41) is 0. The van der Waals surface area contributed by atoms with E-state index < -0.39 is 0 Å². The van der Waals surface area contributed by atoms with Crippen LogP contribution in [0.1, 0.15) is 29.3 Å². The van der Waals surface area contributed by atoms with Crippen molar-refractivity contribution in [3.05, 3.63) is 29.3 Å². The summed E-state index contributed by atoms with van der Waals surface area (Å²) in [6.07, 6.45) is 6.16. The van der Waals surface area contributed by atoms with Crippen molar-refractivity contribution in [1.82, 2.24) is 4.90 Å². The van der Waals surface area contributed by atoms with Crippen LogP contribution in [0.4, 0.5) is 5.69 Å². The second-order valence-electron chi connectivity index (χ2n) is 4.01. The van der Waals surface area contributed by atoms with Gasteiger partial charge in [0.1, 0.15) is 0 Å². The predicted octanol–water partition coefficient (Wildman–Crippen LogP) is 2.06. The van der Waals surface area contributed by atoms with E-state index in [9.17, 15) is 4.79 Å². The molecule has 0 saturated heterocycles. The maximum Gasteiger partial charge on any atom is 0.254 e. The number of nitrogen functional groups attached to an aromatic ring is 1. The van der Waals surface area contributed by atoms with Crippen molar-refractivity contribution in [2.45, 2.75) is 20.3 Å². The molecule has 0 aliphatic carbocycles. The number of amides is 1. The number of benzene rings is 1. The first-order chi connectivity index (χ1) is 8.10. The molecule has 0 spiro atoms. The van der Waals surface area contributed by atoms with Gasteiger partial charge in [0, 0.05) is 17.8 Å². The summed E-state index contributed by atoms with van der Waals surface area (Å²) in [4.78, 5) is 13.9. The van der Waals surface area contributed by atoms with Gasteiger partial charge >= 0.3 is 0 Å². The highest BCUT2D eigenvalue weighted by Crippen LogP contribution is 2.14. The first-order valence-corrected chi connectivity index (χ1v) is 5.69. The van der Waals surface area contributed by atoms with E-state index in [1.165, 1.54) is 0 Å². The van der Waals surface area contributed by atoms with E-state index in [1.54, 1.807) is 23.1 Å². The van der Waals surface area contributed by atoms with Gasteiger partial charge in [-0.05, 0) is 37.1 Å². The molecule has 1 amide bonds. The normalized spacial score (nSPS) is 9.71. The SMILES string of the molecule is C#CCN(CCC)C(=O)c1ccc(N)cc1C. The highest BCUT2D eigenvalue weighted by Gasteiger charge is 2.15. The van der Waals surface area contributed by atoms with E-state index in [2.05, 4.69) is 5.92 Å². The average Bonchev–Trinajstić information content (AvgIpc) is 2.28. The van der Waals surface area contributed by atoms with Crippen molar-refractivity contribution in [3.63, 3.8) is 0 Å². The van der Waals surface area contributed by atoms with E-state index in [0.717, 1.165) is 12.0 Å². The molecule has 0 atom stereocenters. The number of carbonyl (C=O) groups is 1. The number of aryl methyl sites for hydroxylation is 1. The topological polar surface area (TPSA) is 46.3 Å². The quantitative estimate of drug-likeness (QED) is 0.635. The second kappa shape index (κ2) is 5.95. The van der Waals surface area contributed by atoms with Gasteiger partial charge in [0.15, 0.2) is 0 Å². The van der Waals surface area contributed by atoms with Crippen molar-refractivity contribution in [2.75, 3.05) is 18.8 Å². The van der Waals surface area contributed by atoms with E-state index in [-0.39, 0.29) is 5.91 Å². The number of carbonyl (C=O) groups excluding carboxylic acids is 1. The zero-order valence-corrected chi connectivity index (χ0v) is 10.4. The number of anilines is 1. The number of nitrogens with two attached hydrogens (primary N) is 1. The third-order valence-corrected chi connectivity index (χ3v) is 2.54. The smallest absolute Gasteiger partial charge is 0.254 e. The van der Waals surface area contributed by atoms with Crippen LogP contribution in [0.2, 0.25) is 0 Å². The van der Waals surface area contributed by atoms with Crippen LogP contribution in [0.15, 0.2) is 18.2 Å². The predicted molar refractivity (Wildman–Crippen MR) is 70.6 cm³/mol. The number of terminal acetylenes is 1. The molecule has 1 aromatic rings. The molecule has 0 aliphatic heterocycles. The van der Waals surface area contributed by atoms with Crippen LogP contribution in [0, 0.1) is 19.3 Å². The Hall–Kier alpha value is -1.95. The van der Waals surface area contributed by atoms with E-state index in [1.807, 2.05) is 13.8 Å². The number of nitrogens with zero attached hydrogens (tertiary/aromatic N) is 1. The van der Waals surface area contributed by atoms with Gasteiger partial charge in [-0.3, -0.25) is 4.79 Å². The fourth-order valence-electron chi connectivity index (χ4n) is 1.73. The molecule has 0 aromatic heterocycles. The molecular formula is C14H18N2O. The molecule has 0 aliphatic rings. The third-order valence-electron chi connectivity index (χ3n) is 2.54. The maximum absolute atomic E-state index is 12.2. The molecule has 0 bridgehead atoms. The van der Waals surface area contributed by atoms with Gasteiger partial charge in [-0.1, -0.05) is 12.8 Å². The third kappa shape index (κ3) is 3.25. The minimum Gasteiger partial charge on any atom is -0.399 e. The molecule has 90 valence electrons. The molecule has 3 heteroatoms. The molecule has 0 radical (unpaired) electrons. The molecule has 2 N–H and O–H groups in total. The van der Waals surface area contributed by atoms with Gasteiger partial charge in [-0.2, -0.15) is 0 Å². The van der Waals surface area contributed by atoms with Crippen LogP contribution < -0.4 is 5.73 Å². The molecule has 0 unspecified atom stereocenters. The molecule has 1 aromatic carbocycles. The Morgan fingerprint density at radius 2 is 2.24 bits per heavy atom. The molecule has 0 fully saturated rings. The van der Waals surface area contributed by atoms with E-state index in [0.29, 0.717) is 24.3 Å². The van der Waals surface area contributed by atoms with Crippen LogP contribution in [0.5, 0.6) is 0 Å². The lowest BCUT2D eigenvalue weighted by Crippen LogP contribution is -2.32. The fraction of sp³-hybridized carbons (Fsp3) is 0.357. The van der Waals surface area contributed by atoms with Gasteiger partial charge in [0.05, 0.1) is 6.54 Å². The van der Waals surface area contributed by atoms with Crippen LogP contribution in [-0.4, -0.2) is 23.9 Å². The average molecular weight is 230 g/mol. The summed E-state index contributed by atoms with van der Waals surface area (Å²) in [6.45, 7) is 4.92. The highest BCUT2D eigenvalue weighted by molar-refractivity contribution is 5.96. The maximum atomic E-state index is 12.2. The van der Waals surface area contributed by atoms with Crippen LogP contribution >= 0.6 is 0 Å². The molecule has 0 heterocycles. The Morgan fingerprint density at radius 3 is 2.76 bits per heavy atom. The van der Waals surface area contributed by atoms with Crippen molar-refractivity contribution in [1.29, 1.82) is 0 Å². The lowest BCUT2D eigenvalue weighted by Gasteiger charge is -2.20. The summed E-state index contributed by atoms with van der Waals surface area (Å²) >= 11 is 0. The summed E-state index contributed by atoms with van der Waals surface area (Å²) in [5.74, 6) is 2.49. The number of hydrogen-bond donors (Lipinski definition) is 1. The monoisotopic (exact) mass is 230 g/mol. The number of rotatable bonds is 4. The fourth-order valence-corrected chi connectivity index (χ4v) is 1.73. The summed E-state index contributed by atoms with van der Waals surface area (Å²) in [7, 11) is 0. The zero-order chi connectivity index (χ0) is 12.8. The molecular weight excluding hydrogens is 212 g/mol. The Morgan fingerprint density at radius 1 is 1.53 bits per heavy atom. The summed E-state index contributed by atoms with van der Waals surface area (Å²) < 4.78 is 0. The van der Waals surface area contributed by atoms with Crippen molar-refractivity contribution in [3.8, 4) is 12.3 Å². The number of hydrogen-bond acceptors (Lipinski definition) is 2. The lowest BCUT2D eigenvalue weighted by molar-refractivity contribution is 0.0776. The van der Waals surface area contributed by atoms with Crippen LogP contribution in [0.25, 0.3) is 0 Å². The van der Waals surface area contributed by atoms with Gasteiger partial charge in [0.2, 0.25) is 0 Å². The van der Waals surface area contributed by atoms with Crippen LogP contribution in [0.3, 0.4) is 0 Å². The Balaban J connectivity index is 2.97. The van der Waals surface area contributed by atoms with Gasteiger partial charge in [-0.15, -0.1) is 6.42 Å². The van der Waals surface area contributed by atoms with Gasteiger partial charge < -0.3 is 10.6 Å². The van der Waals surface area contributed by atoms with E-state index in [4.69, 9.17) is 12.2 Å². The van der Waals surface area contributed by atoms with E-state index >= 15 is 0 Å². The minimum atomic E-state index is -0.0256. The highest BCUT2D eigenvalue weighted by atomic mass is 16.2. The lowest BCUT2D eigenvalue weighted by atomic mass is 10.1. The largest absolute Gasteiger partial charge is 0.399 e. The molecule has 17 heavy (non-hydrogen) atoms. The van der Waals surface area contributed by atoms with Gasteiger partial charge in [-0.25, -0.2) is 0 Å². The van der Waals surface area contributed by atoms with Crippen molar-refractivity contribution in [2.24, 2.45) is 0 Å². The van der Waals surface area contributed by atoms with Gasteiger partial charge in [0.25, 0.3) is 5.91 Å². The molecule has 1 rings (SSSR count). The Bertz CT molecular complexity index is 446. The van der Waals surface area contributed by atoms with Crippen molar-refractivity contribution < 1.29 is 4.79 Å². The molecule has 3 nitrogen and oxygen atoms in total. The summed E-state index contributed by atoms with van der Waals surface area (Å²) in [6, 6.07) is 5.29. The first-order valence-electron chi connectivity index (χ1n) is 5.69. The first kappa shape index (κ1) is 13.1. The zero-order valence-electron chi connectivity index (χ0n) is 10.4. The molecule has 0 saturated carbocycles. The standard InChI is InChI=1S/C14H18N2O/c1-4-8-16(9-5-2)14(17)13-7-6-12(15)10-11(13)3/h1,6-7,10H,5,8-9,15H2,2-3H3. The second-order valence-corrected chi connectivity index (χ2v) is 4.01. The summed E-state index contributed by atoms with van der Waals surface area (Å²) in [5.41, 5.74) is 7.88.